The lowest BCUT2D eigenvalue weighted by atomic mass is 10.1. The maximum Gasteiger partial charge on any atom is 0.406 e. The number of halogens is 3. The Bertz CT molecular complexity index is 417. The van der Waals surface area contributed by atoms with Crippen molar-refractivity contribution >= 4 is 5.69 Å². The lowest BCUT2D eigenvalue weighted by Crippen LogP contribution is -2.33. The second kappa shape index (κ2) is 5.76. The molecule has 0 amide bonds. The van der Waals surface area contributed by atoms with Crippen molar-refractivity contribution in [3.8, 4) is 6.07 Å². The summed E-state index contributed by atoms with van der Waals surface area (Å²) in [6, 6.07) is 8.59. The van der Waals surface area contributed by atoms with Crippen LogP contribution in [0.2, 0.25) is 0 Å². The minimum atomic E-state index is -4.48. The molecule has 0 aromatic heterocycles. The Kier molecular flexibility index (Phi) is 4.60. The molecule has 98 valence electrons. The van der Waals surface area contributed by atoms with Crippen LogP contribution in [0.4, 0.5) is 18.9 Å². The van der Waals surface area contributed by atoms with Gasteiger partial charge in [-0.1, -0.05) is 19.1 Å². The molecular weight excluding hydrogens is 241 g/mol. The van der Waals surface area contributed by atoms with Gasteiger partial charge in [-0.3, -0.25) is 0 Å². The first kappa shape index (κ1) is 14.4. The number of hydrogen-bond donors (Lipinski definition) is 0. The summed E-state index contributed by atoms with van der Waals surface area (Å²) in [5, 5.41) is 8.54. The van der Waals surface area contributed by atoms with Crippen molar-refractivity contribution in [2.75, 3.05) is 18.5 Å². The van der Waals surface area contributed by atoms with Crippen molar-refractivity contribution in [3.05, 3.63) is 29.8 Å². The Morgan fingerprint density at radius 1 is 1.28 bits per heavy atom. The predicted octanol–water partition coefficient (Wildman–Crippen LogP) is 3.39. The van der Waals surface area contributed by atoms with E-state index in [9.17, 15) is 13.2 Å². The van der Waals surface area contributed by atoms with Crippen molar-refractivity contribution in [2.24, 2.45) is 5.92 Å². The highest BCUT2D eigenvalue weighted by Gasteiger charge is 2.40. The van der Waals surface area contributed by atoms with E-state index in [2.05, 4.69) is 0 Å². The number of anilines is 1. The number of rotatable bonds is 4. The van der Waals surface area contributed by atoms with Crippen LogP contribution in [0.1, 0.15) is 12.5 Å². The summed E-state index contributed by atoms with van der Waals surface area (Å²) >= 11 is 0. The van der Waals surface area contributed by atoms with E-state index in [0.717, 1.165) is 12.0 Å². The number of aryl methyl sites for hydroxylation is 1. The molecule has 0 radical (unpaired) electrons. The van der Waals surface area contributed by atoms with Crippen molar-refractivity contribution < 1.29 is 13.2 Å². The molecule has 0 aliphatic rings. The summed E-state index contributed by atoms with van der Waals surface area (Å²) in [6.45, 7) is 1.65. The molecule has 1 rings (SSSR count). The third-order valence-electron chi connectivity index (χ3n) is 2.79. The van der Waals surface area contributed by atoms with Gasteiger partial charge in [0.15, 0.2) is 5.92 Å². The van der Waals surface area contributed by atoms with Gasteiger partial charge in [0.1, 0.15) is 0 Å². The summed E-state index contributed by atoms with van der Waals surface area (Å²) in [7, 11) is 1.55. The first-order chi connectivity index (χ1) is 8.38. The zero-order valence-corrected chi connectivity index (χ0v) is 10.3. The third-order valence-corrected chi connectivity index (χ3v) is 2.79. The van der Waals surface area contributed by atoms with Crippen LogP contribution in [0, 0.1) is 17.2 Å². The van der Waals surface area contributed by atoms with Gasteiger partial charge < -0.3 is 4.90 Å². The number of hydrogen-bond acceptors (Lipinski definition) is 2. The molecule has 1 unspecified atom stereocenters. The SMILES string of the molecule is CCc1ccc(N(C)CC(C#N)C(F)(F)F)cc1. The first-order valence-corrected chi connectivity index (χ1v) is 5.65. The van der Waals surface area contributed by atoms with Crippen LogP contribution >= 0.6 is 0 Å². The van der Waals surface area contributed by atoms with E-state index in [4.69, 9.17) is 5.26 Å². The van der Waals surface area contributed by atoms with E-state index < -0.39 is 12.1 Å². The fraction of sp³-hybridized carbons (Fsp3) is 0.462. The Morgan fingerprint density at radius 2 is 1.83 bits per heavy atom. The van der Waals surface area contributed by atoms with Gasteiger partial charge in [-0.15, -0.1) is 0 Å². The van der Waals surface area contributed by atoms with E-state index in [0.29, 0.717) is 5.69 Å². The van der Waals surface area contributed by atoms with Crippen LogP contribution in [0.3, 0.4) is 0 Å². The molecule has 1 aromatic rings. The first-order valence-electron chi connectivity index (χ1n) is 5.65. The highest BCUT2D eigenvalue weighted by Crippen LogP contribution is 2.27. The topological polar surface area (TPSA) is 27.0 Å². The molecule has 0 saturated heterocycles. The molecule has 2 nitrogen and oxygen atoms in total. The molecule has 5 heteroatoms. The minimum absolute atomic E-state index is 0.356. The van der Waals surface area contributed by atoms with Crippen LogP contribution in [-0.2, 0) is 6.42 Å². The van der Waals surface area contributed by atoms with E-state index in [1.165, 1.54) is 11.0 Å². The molecule has 1 aromatic carbocycles. The second-order valence-corrected chi connectivity index (χ2v) is 4.12. The summed E-state index contributed by atoms with van der Waals surface area (Å²) in [5.41, 5.74) is 1.80. The molecule has 1 atom stereocenters. The molecule has 0 spiro atoms. The number of nitrogens with zero attached hydrogens (tertiary/aromatic N) is 2. The standard InChI is InChI=1S/C13H15F3N2/c1-3-10-4-6-12(7-5-10)18(2)9-11(8-17)13(14,15)16/h4-7,11H,3,9H2,1-2H3. The molecule has 0 fully saturated rings. The van der Waals surface area contributed by atoms with Crippen LogP contribution in [-0.4, -0.2) is 19.8 Å². The highest BCUT2D eigenvalue weighted by atomic mass is 19.4. The number of nitriles is 1. The minimum Gasteiger partial charge on any atom is -0.373 e. The van der Waals surface area contributed by atoms with Gasteiger partial charge in [0.05, 0.1) is 6.07 Å². The molecular formula is C13H15F3N2. The van der Waals surface area contributed by atoms with Crippen molar-refractivity contribution in [2.45, 2.75) is 19.5 Å². The second-order valence-electron chi connectivity index (χ2n) is 4.12. The lowest BCUT2D eigenvalue weighted by Gasteiger charge is -2.23. The Labute approximate surface area is 105 Å². The van der Waals surface area contributed by atoms with Gasteiger partial charge in [0.25, 0.3) is 0 Å². The lowest BCUT2D eigenvalue weighted by molar-refractivity contribution is -0.156. The molecule has 0 N–H and O–H groups in total. The molecule has 0 aliphatic carbocycles. The molecule has 0 aliphatic heterocycles. The normalized spacial score (nSPS) is 12.9. The molecule has 0 bridgehead atoms. The highest BCUT2D eigenvalue weighted by molar-refractivity contribution is 5.47. The average Bonchev–Trinajstić information content (AvgIpc) is 2.34. The van der Waals surface area contributed by atoms with Gasteiger partial charge in [0, 0.05) is 19.3 Å². The Balaban J connectivity index is 2.75. The van der Waals surface area contributed by atoms with E-state index >= 15 is 0 Å². The quantitative estimate of drug-likeness (QED) is 0.825. The van der Waals surface area contributed by atoms with Gasteiger partial charge in [-0.25, -0.2) is 0 Å². The monoisotopic (exact) mass is 256 g/mol. The largest absolute Gasteiger partial charge is 0.406 e. The summed E-state index contributed by atoms with van der Waals surface area (Å²) in [6.07, 6.45) is -3.60. The fourth-order valence-electron chi connectivity index (χ4n) is 1.58. The Hall–Kier alpha value is -1.70. The van der Waals surface area contributed by atoms with Crippen molar-refractivity contribution in [3.63, 3.8) is 0 Å². The van der Waals surface area contributed by atoms with Gasteiger partial charge in [-0.05, 0) is 24.1 Å². The van der Waals surface area contributed by atoms with Crippen LogP contribution < -0.4 is 4.90 Å². The third kappa shape index (κ3) is 3.66. The van der Waals surface area contributed by atoms with E-state index in [1.807, 2.05) is 19.1 Å². The summed E-state index contributed by atoms with van der Waals surface area (Å²) in [5.74, 6) is -1.96. The fourth-order valence-corrected chi connectivity index (χ4v) is 1.58. The van der Waals surface area contributed by atoms with E-state index in [-0.39, 0.29) is 6.54 Å². The average molecular weight is 256 g/mol. The van der Waals surface area contributed by atoms with Crippen molar-refractivity contribution in [1.82, 2.24) is 0 Å². The predicted molar refractivity (Wildman–Crippen MR) is 64.2 cm³/mol. The Morgan fingerprint density at radius 3 is 2.22 bits per heavy atom. The van der Waals surface area contributed by atoms with Crippen LogP contribution in [0.15, 0.2) is 24.3 Å². The maximum atomic E-state index is 12.5. The van der Waals surface area contributed by atoms with Crippen LogP contribution in [0.5, 0.6) is 0 Å². The van der Waals surface area contributed by atoms with Crippen molar-refractivity contribution in [1.29, 1.82) is 5.26 Å². The smallest absolute Gasteiger partial charge is 0.373 e. The number of alkyl halides is 3. The maximum absolute atomic E-state index is 12.5. The van der Waals surface area contributed by atoms with Crippen LogP contribution in [0.25, 0.3) is 0 Å². The summed E-state index contributed by atoms with van der Waals surface area (Å²) in [4.78, 5) is 1.45. The molecule has 18 heavy (non-hydrogen) atoms. The van der Waals surface area contributed by atoms with Gasteiger partial charge >= 0.3 is 6.18 Å². The molecule has 0 heterocycles. The van der Waals surface area contributed by atoms with Gasteiger partial charge in [-0.2, -0.15) is 18.4 Å². The number of benzene rings is 1. The van der Waals surface area contributed by atoms with E-state index in [1.54, 1.807) is 19.2 Å². The van der Waals surface area contributed by atoms with Gasteiger partial charge in [0.2, 0.25) is 0 Å². The molecule has 0 saturated carbocycles. The summed E-state index contributed by atoms with van der Waals surface area (Å²) < 4.78 is 37.4. The zero-order valence-electron chi connectivity index (χ0n) is 10.3. The zero-order chi connectivity index (χ0) is 13.8.